The highest BCUT2D eigenvalue weighted by atomic mass is 32.2. The Labute approximate surface area is 151 Å². The molecule has 0 saturated carbocycles. The van der Waals surface area contributed by atoms with Crippen molar-refractivity contribution >= 4 is 10.0 Å². The van der Waals surface area contributed by atoms with Crippen molar-refractivity contribution < 1.29 is 17.2 Å². The number of benzene rings is 2. The molecule has 0 amide bonds. The summed E-state index contributed by atoms with van der Waals surface area (Å²) in [7, 11) is -4.08. The van der Waals surface area contributed by atoms with Crippen molar-refractivity contribution in [1.82, 2.24) is 4.31 Å². The summed E-state index contributed by atoms with van der Waals surface area (Å²) in [4.78, 5) is -0.375. The molecule has 26 heavy (non-hydrogen) atoms. The minimum Gasteiger partial charge on any atom is -0.468 e. The van der Waals surface area contributed by atoms with Crippen molar-refractivity contribution in [2.45, 2.75) is 18.0 Å². The van der Waals surface area contributed by atoms with Crippen molar-refractivity contribution in [2.24, 2.45) is 0 Å². The molecule has 0 aliphatic heterocycles. The smallest absolute Gasteiger partial charge is 0.246 e. The lowest BCUT2D eigenvalue weighted by atomic mass is 10.1. The Balaban J connectivity index is 2.00. The second kappa shape index (κ2) is 7.56. The normalized spacial score (nSPS) is 11.4. The molecule has 1 aromatic heterocycles. The minimum absolute atomic E-state index is 0.0239. The SMILES string of the molecule is C#Cc1cccc(CN(Cc2ccco2)S(=O)(=O)c2ccccc2F)c1. The van der Waals surface area contributed by atoms with Gasteiger partial charge in [-0.2, -0.15) is 4.31 Å². The van der Waals surface area contributed by atoms with E-state index in [-0.39, 0.29) is 18.0 Å². The van der Waals surface area contributed by atoms with Gasteiger partial charge in [-0.15, -0.1) is 6.42 Å². The fourth-order valence-electron chi connectivity index (χ4n) is 2.56. The van der Waals surface area contributed by atoms with Crippen LogP contribution in [0, 0.1) is 18.2 Å². The molecule has 0 saturated heterocycles. The first kappa shape index (κ1) is 17.9. The molecular formula is C20H16FNO3S. The van der Waals surface area contributed by atoms with Gasteiger partial charge in [0.2, 0.25) is 10.0 Å². The summed E-state index contributed by atoms with van der Waals surface area (Å²) in [5.41, 5.74) is 1.34. The van der Waals surface area contributed by atoms with Gasteiger partial charge in [0, 0.05) is 12.1 Å². The van der Waals surface area contributed by atoms with Crippen LogP contribution in [0.2, 0.25) is 0 Å². The fraction of sp³-hybridized carbons (Fsp3) is 0.100. The Morgan fingerprint density at radius 2 is 1.85 bits per heavy atom. The molecule has 4 nitrogen and oxygen atoms in total. The molecule has 3 rings (SSSR count). The quantitative estimate of drug-likeness (QED) is 0.621. The Bertz CT molecular complexity index is 1040. The Morgan fingerprint density at radius 1 is 1.04 bits per heavy atom. The van der Waals surface area contributed by atoms with E-state index in [2.05, 4.69) is 5.92 Å². The van der Waals surface area contributed by atoms with E-state index in [0.29, 0.717) is 16.9 Å². The highest BCUT2D eigenvalue weighted by Crippen LogP contribution is 2.23. The number of rotatable bonds is 6. The molecular weight excluding hydrogens is 353 g/mol. The van der Waals surface area contributed by atoms with Crippen molar-refractivity contribution in [3.8, 4) is 12.3 Å². The number of hydrogen-bond acceptors (Lipinski definition) is 3. The molecule has 0 fully saturated rings. The third kappa shape index (κ3) is 3.85. The molecule has 0 aliphatic carbocycles. The van der Waals surface area contributed by atoms with Gasteiger partial charge in [-0.1, -0.05) is 30.2 Å². The standard InChI is InChI=1S/C20H16FNO3S/c1-2-16-7-5-8-17(13-16)14-22(15-18-9-6-12-25-18)26(23,24)20-11-4-3-10-19(20)21/h1,3-13H,14-15H2. The molecule has 132 valence electrons. The summed E-state index contributed by atoms with van der Waals surface area (Å²) in [6.07, 6.45) is 6.87. The highest BCUT2D eigenvalue weighted by Gasteiger charge is 2.28. The molecule has 0 atom stereocenters. The summed E-state index contributed by atoms with van der Waals surface area (Å²) in [6.45, 7) is 0.0108. The van der Waals surface area contributed by atoms with Crippen LogP contribution in [0.5, 0.6) is 0 Å². The summed E-state index contributed by atoms with van der Waals surface area (Å²) in [5, 5.41) is 0. The number of halogens is 1. The van der Waals surface area contributed by atoms with Crippen LogP contribution in [-0.2, 0) is 23.1 Å². The summed E-state index contributed by atoms with van der Waals surface area (Å²) >= 11 is 0. The molecule has 0 radical (unpaired) electrons. The Kier molecular flexibility index (Phi) is 5.21. The van der Waals surface area contributed by atoms with E-state index in [1.807, 2.05) is 0 Å². The summed E-state index contributed by atoms with van der Waals surface area (Å²) < 4.78 is 46.7. The maximum absolute atomic E-state index is 14.1. The maximum atomic E-state index is 14.1. The largest absolute Gasteiger partial charge is 0.468 e. The average Bonchev–Trinajstić information content (AvgIpc) is 3.15. The zero-order valence-electron chi connectivity index (χ0n) is 13.8. The first-order valence-electron chi connectivity index (χ1n) is 7.83. The number of sulfonamides is 1. The predicted octanol–water partition coefficient (Wildman–Crippen LogP) is 3.79. The van der Waals surface area contributed by atoms with Gasteiger partial charge in [-0.05, 0) is 42.0 Å². The molecule has 6 heteroatoms. The Morgan fingerprint density at radius 3 is 2.54 bits per heavy atom. The molecule has 0 spiro atoms. The van der Waals surface area contributed by atoms with Gasteiger partial charge >= 0.3 is 0 Å². The summed E-state index contributed by atoms with van der Waals surface area (Å²) in [6, 6.07) is 15.6. The van der Waals surface area contributed by atoms with Gasteiger partial charge in [0.05, 0.1) is 12.8 Å². The topological polar surface area (TPSA) is 50.5 Å². The summed E-state index contributed by atoms with van der Waals surface area (Å²) in [5.74, 6) is 2.18. The third-order valence-corrected chi connectivity index (χ3v) is 5.64. The lowest BCUT2D eigenvalue weighted by Gasteiger charge is -2.22. The first-order chi connectivity index (χ1) is 12.5. The van der Waals surface area contributed by atoms with Crippen LogP contribution in [0.3, 0.4) is 0 Å². The maximum Gasteiger partial charge on any atom is 0.246 e. The minimum atomic E-state index is -4.08. The van der Waals surface area contributed by atoms with Crippen LogP contribution in [0.25, 0.3) is 0 Å². The van der Waals surface area contributed by atoms with E-state index in [9.17, 15) is 12.8 Å². The van der Waals surface area contributed by atoms with E-state index in [1.54, 1.807) is 36.4 Å². The number of furan rings is 1. The molecule has 3 aromatic rings. The molecule has 0 aliphatic rings. The lowest BCUT2D eigenvalue weighted by Crippen LogP contribution is -2.30. The molecule has 0 bridgehead atoms. The van der Waals surface area contributed by atoms with E-state index in [1.165, 1.54) is 28.8 Å². The third-order valence-electron chi connectivity index (χ3n) is 3.82. The second-order valence-corrected chi connectivity index (χ2v) is 7.53. The van der Waals surface area contributed by atoms with Crippen LogP contribution in [0.4, 0.5) is 4.39 Å². The molecule has 2 aromatic carbocycles. The van der Waals surface area contributed by atoms with Crippen molar-refractivity contribution in [3.05, 3.63) is 89.6 Å². The van der Waals surface area contributed by atoms with Crippen LogP contribution in [-0.4, -0.2) is 12.7 Å². The van der Waals surface area contributed by atoms with Gasteiger partial charge in [0.1, 0.15) is 16.5 Å². The lowest BCUT2D eigenvalue weighted by molar-refractivity contribution is 0.356. The van der Waals surface area contributed by atoms with Crippen LogP contribution in [0.1, 0.15) is 16.9 Å². The predicted molar refractivity (Wildman–Crippen MR) is 95.9 cm³/mol. The van der Waals surface area contributed by atoms with E-state index in [4.69, 9.17) is 10.8 Å². The van der Waals surface area contributed by atoms with Gasteiger partial charge in [0.15, 0.2) is 0 Å². The van der Waals surface area contributed by atoms with Crippen molar-refractivity contribution in [2.75, 3.05) is 0 Å². The van der Waals surface area contributed by atoms with Crippen LogP contribution in [0.15, 0.2) is 76.2 Å². The van der Waals surface area contributed by atoms with Gasteiger partial charge in [-0.3, -0.25) is 0 Å². The molecule has 0 N–H and O–H groups in total. The number of nitrogens with zero attached hydrogens (tertiary/aromatic N) is 1. The van der Waals surface area contributed by atoms with Gasteiger partial charge in [0.25, 0.3) is 0 Å². The van der Waals surface area contributed by atoms with Gasteiger partial charge in [-0.25, -0.2) is 12.8 Å². The Hall–Kier alpha value is -2.88. The second-order valence-electron chi connectivity index (χ2n) is 5.63. The van der Waals surface area contributed by atoms with E-state index >= 15 is 0 Å². The van der Waals surface area contributed by atoms with Crippen molar-refractivity contribution in [3.63, 3.8) is 0 Å². The molecule has 0 unspecified atom stereocenters. The zero-order chi connectivity index (χ0) is 18.6. The zero-order valence-corrected chi connectivity index (χ0v) is 14.6. The van der Waals surface area contributed by atoms with Crippen LogP contribution < -0.4 is 0 Å². The van der Waals surface area contributed by atoms with E-state index in [0.717, 1.165) is 6.07 Å². The number of terminal acetylenes is 1. The van der Waals surface area contributed by atoms with E-state index < -0.39 is 15.8 Å². The highest BCUT2D eigenvalue weighted by molar-refractivity contribution is 7.89. The average molecular weight is 369 g/mol. The monoisotopic (exact) mass is 369 g/mol. The van der Waals surface area contributed by atoms with Gasteiger partial charge < -0.3 is 4.42 Å². The molecule has 1 heterocycles. The van der Waals surface area contributed by atoms with Crippen molar-refractivity contribution in [1.29, 1.82) is 0 Å². The first-order valence-corrected chi connectivity index (χ1v) is 9.27. The fourth-order valence-corrected chi connectivity index (χ4v) is 4.02. The van der Waals surface area contributed by atoms with Crippen LogP contribution >= 0.6 is 0 Å². The number of hydrogen-bond donors (Lipinski definition) is 0.